The molecule has 1 aromatic rings. The van der Waals surface area contributed by atoms with E-state index in [0.717, 1.165) is 5.56 Å². The largest absolute Gasteiger partial charge is 0.394 e. The van der Waals surface area contributed by atoms with Gasteiger partial charge in [0, 0.05) is 24.2 Å². The van der Waals surface area contributed by atoms with E-state index in [1.165, 1.54) is 12.1 Å². The summed E-state index contributed by atoms with van der Waals surface area (Å²) in [5.41, 5.74) is 0.529. The van der Waals surface area contributed by atoms with E-state index >= 15 is 0 Å². The van der Waals surface area contributed by atoms with Crippen LogP contribution in [-0.2, 0) is 6.54 Å². The molecule has 0 fully saturated rings. The Hall–Kier alpha value is -1.17. The molecule has 0 radical (unpaired) electrons. The Morgan fingerprint density at radius 3 is 2.65 bits per heavy atom. The molecule has 0 aliphatic heterocycles. The van der Waals surface area contributed by atoms with E-state index in [9.17, 15) is 10.1 Å². The summed E-state index contributed by atoms with van der Waals surface area (Å²) < 4.78 is 0. The quantitative estimate of drug-likeness (QED) is 0.626. The van der Waals surface area contributed by atoms with Crippen molar-refractivity contribution in [3.8, 4) is 0 Å². The van der Waals surface area contributed by atoms with Crippen molar-refractivity contribution in [1.29, 1.82) is 0 Å². The van der Waals surface area contributed by atoms with E-state index in [-0.39, 0.29) is 30.2 Å². The molecular formula is C11H17ClN2O3. The summed E-state index contributed by atoms with van der Waals surface area (Å²) in [7, 11) is 0. The number of rotatable bonds is 5. The van der Waals surface area contributed by atoms with Gasteiger partial charge in [-0.25, -0.2) is 0 Å². The number of aliphatic hydroxyl groups excluding tert-OH is 1. The van der Waals surface area contributed by atoms with Crippen LogP contribution in [0.1, 0.15) is 19.4 Å². The van der Waals surface area contributed by atoms with Crippen LogP contribution >= 0.6 is 12.4 Å². The summed E-state index contributed by atoms with van der Waals surface area (Å²) >= 11 is 0. The SMILES string of the molecule is CC(C)(CO)NCc1cccc([N+](=O)[O-])c1.Cl. The van der Waals surface area contributed by atoms with E-state index in [0.29, 0.717) is 6.54 Å². The van der Waals surface area contributed by atoms with Crippen molar-refractivity contribution < 1.29 is 10.0 Å². The molecule has 2 N–H and O–H groups in total. The van der Waals surface area contributed by atoms with Gasteiger partial charge in [0.25, 0.3) is 5.69 Å². The summed E-state index contributed by atoms with van der Waals surface area (Å²) in [5.74, 6) is 0. The van der Waals surface area contributed by atoms with E-state index in [2.05, 4.69) is 5.32 Å². The lowest BCUT2D eigenvalue weighted by Crippen LogP contribution is -2.42. The van der Waals surface area contributed by atoms with Crippen molar-refractivity contribution in [2.45, 2.75) is 25.9 Å². The zero-order valence-corrected chi connectivity index (χ0v) is 10.7. The van der Waals surface area contributed by atoms with Gasteiger partial charge in [-0.2, -0.15) is 0 Å². The van der Waals surface area contributed by atoms with Crippen LogP contribution in [0.5, 0.6) is 0 Å². The van der Waals surface area contributed by atoms with Crippen molar-refractivity contribution in [1.82, 2.24) is 5.32 Å². The lowest BCUT2D eigenvalue weighted by Gasteiger charge is -2.23. The van der Waals surface area contributed by atoms with Gasteiger partial charge in [-0.1, -0.05) is 12.1 Å². The topological polar surface area (TPSA) is 75.4 Å². The van der Waals surface area contributed by atoms with E-state index in [4.69, 9.17) is 5.11 Å². The van der Waals surface area contributed by atoms with Crippen molar-refractivity contribution in [3.63, 3.8) is 0 Å². The first kappa shape index (κ1) is 15.8. The van der Waals surface area contributed by atoms with Crippen LogP contribution in [0.2, 0.25) is 0 Å². The molecule has 1 rings (SSSR count). The number of non-ortho nitro benzene ring substituents is 1. The number of hydrogen-bond donors (Lipinski definition) is 2. The van der Waals surface area contributed by atoms with Gasteiger partial charge in [0.05, 0.1) is 11.5 Å². The number of nitro groups is 1. The second-order valence-electron chi connectivity index (χ2n) is 4.32. The minimum Gasteiger partial charge on any atom is -0.394 e. The van der Waals surface area contributed by atoms with Gasteiger partial charge in [0.1, 0.15) is 0 Å². The molecule has 0 saturated heterocycles. The first-order valence-corrected chi connectivity index (χ1v) is 5.04. The van der Waals surface area contributed by atoms with Gasteiger partial charge in [-0.05, 0) is 19.4 Å². The lowest BCUT2D eigenvalue weighted by atomic mass is 10.1. The van der Waals surface area contributed by atoms with Crippen LogP contribution in [0.3, 0.4) is 0 Å². The van der Waals surface area contributed by atoms with E-state index < -0.39 is 4.92 Å². The third-order valence-corrected chi connectivity index (χ3v) is 2.29. The zero-order chi connectivity index (χ0) is 12.2. The van der Waals surface area contributed by atoms with Crippen LogP contribution in [0.25, 0.3) is 0 Å². The molecule has 0 amide bonds. The summed E-state index contributed by atoms with van der Waals surface area (Å²) in [6, 6.07) is 6.45. The molecule has 96 valence electrons. The number of nitrogens with zero attached hydrogens (tertiary/aromatic N) is 1. The lowest BCUT2D eigenvalue weighted by molar-refractivity contribution is -0.384. The minimum atomic E-state index is -0.416. The molecule has 0 saturated carbocycles. The fraction of sp³-hybridized carbons (Fsp3) is 0.455. The number of hydrogen-bond acceptors (Lipinski definition) is 4. The number of nitrogens with one attached hydrogen (secondary N) is 1. The average molecular weight is 261 g/mol. The molecule has 5 nitrogen and oxygen atoms in total. The molecule has 6 heteroatoms. The monoisotopic (exact) mass is 260 g/mol. The number of halogens is 1. The Morgan fingerprint density at radius 1 is 1.47 bits per heavy atom. The van der Waals surface area contributed by atoms with Crippen LogP contribution in [0.15, 0.2) is 24.3 Å². The standard InChI is InChI=1S/C11H16N2O3.ClH/c1-11(2,8-14)12-7-9-4-3-5-10(6-9)13(15)16;/h3-6,12,14H,7-8H2,1-2H3;1H. The Labute approximate surface area is 106 Å². The number of nitro benzene ring substituents is 1. The van der Waals surface area contributed by atoms with Crippen molar-refractivity contribution >= 4 is 18.1 Å². The maximum absolute atomic E-state index is 10.6. The molecule has 0 unspecified atom stereocenters. The predicted molar refractivity (Wildman–Crippen MR) is 68.3 cm³/mol. The smallest absolute Gasteiger partial charge is 0.269 e. The van der Waals surface area contributed by atoms with E-state index in [1.807, 2.05) is 19.9 Å². The molecule has 0 aromatic heterocycles. The highest BCUT2D eigenvalue weighted by Gasteiger charge is 2.15. The second kappa shape index (κ2) is 6.54. The molecule has 0 spiro atoms. The Balaban J connectivity index is 0.00000256. The molecule has 17 heavy (non-hydrogen) atoms. The first-order valence-electron chi connectivity index (χ1n) is 5.04. The minimum absolute atomic E-state index is 0. The highest BCUT2D eigenvalue weighted by atomic mass is 35.5. The summed E-state index contributed by atoms with van der Waals surface area (Å²) in [5, 5.41) is 22.7. The third-order valence-electron chi connectivity index (χ3n) is 2.29. The molecular weight excluding hydrogens is 244 g/mol. The Bertz CT molecular complexity index is 383. The van der Waals surface area contributed by atoms with Gasteiger partial charge >= 0.3 is 0 Å². The van der Waals surface area contributed by atoms with Gasteiger partial charge < -0.3 is 10.4 Å². The first-order chi connectivity index (χ1) is 7.44. The fourth-order valence-corrected chi connectivity index (χ4v) is 1.18. The van der Waals surface area contributed by atoms with Gasteiger partial charge in [-0.15, -0.1) is 12.4 Å². The number of aliphatic hydroxyl groups is 1. The molecule has 1 aromatic carbocycles. The van der Waals surface area contributed by atoms with Gasteiger partial charge in [-0.3, -0.25) is 10.1 Å². The van der Waals surface area contributed by atoms with Crippen LogP contribution in [0, 0.1) is 10.1 Å². The highest BCUT2D eigenvalue weighted by Crippen LogP contribution is 2.13. The summed E-state index contributed by atoms with van der Waals surface area (Å²) in [6.45, 7) is 4.24. The molecule has 0 heterocycles. The van der Waals surface area contributed by atoms with Crippen LogP contribution in [-0.4, -0.2) is 22.2 Å². The average Bonchev–Trinajstić information content (AvgIpc) is 2.27. The molecule has 0 aliphatic rings. The normalized spacial score (nSPS) is 10.8. The Kier molecular flexibility index (Phi) is 6.09. The maximum atomic E-state index is 10.6. The van der Waals surface area contributed by atoms with Crippen molar-refractivity contribution in [2.24, 2.45) is 0 Å². The third kappa shape index (κ3) is 5.12. The number of benzene rings is 1. The second-order valence-corrected chi connectivity index (χ2v) is 4.32. The molecule has 0 bridgehead atoms. The highest BCUT2D eigenvalue weighted by molar-refractivity contribution is 5.85. The summed E-state index contributed by atoms with van der Waals surface area (Å²) in [4.78, 5) is 10.1. The fourth-order valence-electron chi connectivity index (χ4n) is 1.18. The summed E-state index contributed by atoms with van der Waals surface area (Å²) in [6.07, 6.45) is 0. The Morgan fingerprint density at radius 2 is 2.12 bits per heavy atom. The predicted octanol–water partition coefficient (Wildman–Crippen LogP) is 1.88. The maximum Gasteiger partial charge on any atom is 0.269 e. The van der Waals surface area contributed by atoms with Crippen LogP contribution in [0.4, 0.5) is 5.69 Å². The van der Waals surface area contributed by atoms with Gasteiger partial charge in [0.15, 0.2) is 0 Å². The molecule has 0 aliphatic carbocycles. The zero-order valence-electron chi connectivity index (χ0n) is 9.84. The van der Waals surface area contributed by atoms with Crippen molar-refractivity contribution in [2.75, 3.05) is 6.61 Å². The van der Waals surface area contributed by atoms with E-state index in [1.54, 1.807) is 6.07 Å². The molecule has 0 atom stereocenters. The van der Waals surface area contributed by atoms with Crippen LogP contribution < -0.4 is 5.32 Å². The van der Waals surface area contributed by atoms with Crippen molar-refractivity contribution in [3.05, 3.63) is 39.9 Å². The van der Waals surface area contributed by atoms with Gasteiger partial charge in [0.2, 0.25) is 0 Å².